The van der Waals surface area contributed by atoms with Crippen LogP contribution in [-0.4, -0.2) is 41.8 Å². The van der Waals surface area contributed by atoms with Gasteiger partial charge in [0.05, 0.1) is 6.42 Å². The summed E-state index contributed by atoms with van der Waals surface area (Å²) in [6.07, 6.45) is 4.59. The number of carbonyl (C=O) groups excluding carboxylic acids is 2. The van der Waals surface area contributed by atoms with Crippen molar-refractivity contribution in [3.63, 3.8) is 0 Å². The molecule has 7 nitrogen and oxygen atoms in total. The van der Waals surface area contributed by atoms with Crippen LogP contribution in [-0.2, 0) is 14.3 Å². The normalized spacial score (nSPS) is 16.2. The van der Waals surface area contributed by atoms with Gasteiger partial charge in [0.2, 0.25) is 5.91 Å². The van der Waals surface area contributed by atoms with Crippen LogP contribution in [0.5, 0.6) is 0 Å². The topological polar surface area (TPSA) is 105 Å². The van der Waals surface area contributed by atoms with Gasteiger partial charge in [0, 0.05) is 12.0 Å². The van der Waals surface area contributed by atoms with Crippen molar-refractivity contribution >= 4 is 18.0 Å². The molecule has 2 atom stereocenters. The smallest absolute Gasteiger partial charge is 0.407 e. The minimum atomic E-state index is -0.950. The van der Waals surface area contributed by atoms with Crippen LogP contribution in [0, 0.1) is 5.92 Å². The minimum Gasteiger partial charge on any atom is -0.481 e. The summed E-state index contributed by atoms with van der Waals surface area (Å²) in [5.41, 5.74) is 4.50. The van der Waals surface area contributed by atoms with E-state index in [4.69, 9.17) is 4.74 Å². The third-order valence-electron chi connectivity index (χ3n) is 7.05. The molecule has 0 spiro atoms. The fourth-order valence-corrected chi connectivity index (χ4v) is 4.98. The standard InChI is InChI=1S/C28H32N2O5/c1-2-3-15-24(27(33)29-25(16-26(31)32)18-9-8-10-18)30-28(34)35-17-23-21-13-6-4-11-19(21)20-12-5-7-14-22(20)23/h2,4-7,11-14,18,23-25H,1,3,8-10,15-17H2,(H,29,33)(H,30,34)(H,31,32). The number of ether oxygens (including phenoxy) is 1. The maximum absolute atomic E-state index is 13.0. The van der Waals surface area contributed by atoms with E-state index in [1.54, 1.807) is 6.08 Å². The molecule has 4 rings (SSSR count). The Labute approximate surface area is 205 Å². The summed E-state index contributed by atoms with van der Waals surface area (Å²) in [6.45, 7) is 3.85. The van der Waals surface area contributed by atoms with Gasteiger partial charge in [0.1, 0.15) is 12.6 Å². The van der Waals surface area contributed by atoms with Crippen molar-refractivity contribution in [3.05, 3.63) is 72.3 Å². The largest absolute Gasteiger partial charge is 0.481 e. The number of hydrogen-bond donors (Lipinski definition) is 3. The highest BCUT2D eigenvalue weighted by Crippen LogP contribution is 2.44. The van der Waals surface area contributed by atoms with E-state index >= 15 is 0 Å². The Hall–Kier alpha value is -3.61. The molecule has 3 N–H and O–H groups in total. The molecule has 7 heteroatoms. The molecule has 0 heterocycles. The lowest BCUT2D eigenvalue weighted by molar-refractivity contribution is -0.138. The SMILES string of the molecule is C=CCCC(NC(=O)OCC1c2ccccc2-c2ccccc21)C(=O)NC(CC(=O)O)C1CCC1. The van der Waals surface area contributed by atoms with Gasteiger partial charge in [-0.05, 0) is 53.9 Å². The third-order valence-corrected chi connectivity index (χ3v) is 7.05. The van der Waals surface area contributed by atoms with Crippen LogP contribution in [0.25, 0.3) is 11.1 Å². The first-order chi connectivity index (χ1) is 17.0. The highest BCUT2D eigenvalue weighted by molar-refractivity contribution is 5.86. The molecular formula is C28H32N2O5. The number of allylic oxidation sites excluding steroid dienone is 1. The van der Waals surface area contributed by atoms with Gasteiger partial charge in [-0.25, -0.2) is 4.79 Å². The van der Waals surface area contributed by atoms with Crippen LogP contribution in [0.1, 0.15) is 55.6 Å². The zero-order valence-corrected chi connectivity index (χ0v) is 19.7. The lowest BCUT2D eigenvalue weighted by Gasteiger charge is -2.34. The Bertz CT molecular complexity index is 1050. The minimum absolute atomic E-state index is 0.0767. The summed E-state index contributed by atoms with van der Waals surface area (Å²) in [6, 6.07) is 14.9. The first-order valence-electron chi connectivity index (χ1n) is 12.2. The van der Waals surface area contributed by atoms with E-state index in [9.17, 15) is 19.5 Å². The molecule has 2 unspecified atom stereocenters. The van der Waals surface area contributed by atoms with E-state index in [1.165, 1.54) is 0 Å². The lowest BCUT2D eigenvalue weighted by atomic mass is 9.78. The van der Waals surface area contributed by atoms with E-state index < -0.39 is 30.1 Å². The number of fused-ring (bicyclic) bond motifs is 3. The Balaban J connectivity index is 1.39. The fraction of sp³-hybridized carbons (Fsp3) is 0.393. The molecule has 1 saturated carbocycles. The molecule has 0 saturated heterocycles. The van der Waals surface area contributed by atoms with E-state index in [-0.39, 0.29) is 24.9 Å². The maximum Gasteiger partial charge on any atom is 0.407 e. The van der Waals surface area contributed by atoms with Crippen molar-refractivity contribution in [2.75, 3.05) is 6.61 Å². The van der Waals surface area contributed by atoms with Crippen LogP contribution in [0.15, 0.2) is 61.2 Å². The highest BCUT2D eigenvalue weighted by atomic mass is 16.5. The molecule has 2 aromatic rings. The summed E-state index contributed by atoms with van der Waals surface area (Å²) in [5, 5.41) is 14.8. The molecule has 2 aliphatic rings. The van der Waals surface area contributed by atoms with Gasteiger partial charge >= 0.3 is 12.1 Å². The fourth-order valence-electron chi connectivity index (χ4n) is 4.98. The third kappa shape index (κ3) is 5.73. The van der Waals surface area contributed by atoms with Crippen molar-refractivity contribution in [1.82, 2.24) is 10.6 Å². The van der Waals surface area contributed by atoms with Gasteiger partial charge in [0.25, 0.3) is 0 Å². The molecule has 184 valence electrons. The second kappa shape index (κ2) is 11.2. The number of carboxylic acids is 1. The number of nitrogens with one attached hydrogen (secondary N) is 2. The lowest BCUT2D eigenvalue weighted by Crippen LogP contribution is -2.52. The molecule has 0 aromatic heterocycles. The zero-order chi connectivity index (χ0) is 24.8. The summed E-state index contributed by atoms with van der Waals surface area (Å²) in [7, 11) is 0. The Morgan fingerprint density at radius 1 is 1.03 bits per heavy atom. The number of benzene rings is 2. The molecule has 0 aliphatic heterocycles. The molecule has 2 aliphatic carbocycles. The first kappa shape index (κ1) is 24.5. The number of hydrogen-bond acceptors (Lipinski definition) is 4. The zero-order valence-electron chi connectivity index (χ0n) is 19.7. The molecule has 2 aromatic carbocycles. The highest BCUT2D eigenvalue weighted by Gasteiger charge is 2.33. The Kier molecular flexibility index (Phi) is 7.85. The van der Waals surface area contributed by atoms with Crippen LogP contribution in [0.3, 0.4) is 0 Å². The van der Waals surface area contributed by atoms with Crippen LogP contribution >= 0.6 is 0 Å². The molecule has 0 radical (unpaired) electrons. The van der Waals surface area contributed by atoms with Gasteiger partial charge in [-0.3, -0.25) is 9.59 Å². The van der Waals surface area contributed by atoms with E-state index in [0.29, 0.717) is 12.8 Å². The molecular weight excluding hydrogens is 444 g/mol. The van der Waals surface area contributed by atoms with Crippen molar-refractivity contribution in [2.24, 2.45) is 5.92 Å². The van der Waals surface area contributed by atoms with Gasteiger partial charge in [-0.15, -0.1) is 6.58 Å². The summed E-state index contributed by atoms with van der Waals surface area (Å²) >= 11 is 0. The molecule has 1 fully saturated rings. The van der Waals surface area contributed by atoms with Crippen molar-refractivity contribution in [2.45, 2.75) is 56.5 Å². The Morgan fingerprint density at radius 3 is 2.20 bits per heavy atom. The quantitative estimate of drug-likeness (QED) is 0.411. The van der Waals surface area contributed by atoms with Crippen molar-refractivity contribution in [3.8, 4) is 11.1 Å². The van der Waals surface area contributed by atoms with Gasteiger partial charge in [-0.1, -0.05) is 61.0 Å². The van der Waals surface area contributed by atoms with E-state index in [1.807, 2.05) is 36.4 Å². The number of amides is 2. The Morgan fingerprint density at radius 2 is 1.66 bits per heavy atom. The number of aliphatic carboxylic acids is 1. The van der Waals surface area contributed by atoms with Crippen LogP contribution in [0.4, 0.5) is 4.79 Å². The van der Waals surface area contributed by atoms with Gasteiger partial charge in [-0.2, -0.15) is 0 Å². The predicted octanol–water partition coefficient (Wildman–Crippen LogP) is 4.62. The number of rotatable bonds is 11. The second-order valence-corrected chi connectivity index (χ2v) is 9.29. The van der Waals surface area contributed by atoms with E-state index in [2.05, 4.69) is 29.3 Å². The maximum atomic E-state index is 13.0. The van der Waals surface area contributed by atoms with Crippen molar-refractivity contribution in [1.29, 1.82) is 0 Å². The first-order valence-corrected chi connectivity index (χ1v) is 12.2. The van der Waals surface area contributed by atoms with E-state index in [0.717, 1.165) is 41.5 Å². The summed E-state index contributed by atoms with van der Waals surface area (Å²) in [4.78, 5) is 37.0. The number of carboxylic acid groups (broad SMARTS) is 1. The van der Waals surface area contributed by atoms with Crippen LogP contribution < -0.4 is 10.6 Å². The van der Waals surface area contributed by atoms with Gasteiger partial charge in [0.15, 0.2) is 0 Å². The van der Waals surface area contributed by atoms with Gasteiger partial charge < -0.3 is 20.5 Å². The second-order valence-electron chi connectivity index (χ2n) is 9.29. The number of carbonyl (C=O) groups is 3. The molecule has 0 bridgehead atoms. The molecule has 2 amide bonds. The monoisotopic (exact) mass is 476 g/mol. The predicted molar refractivity (Wildman–Crippen MR) is 133 cm³/mol. The summed E-state index contributed by atoms with van der Waals surface area (Å²) < 4.78 is 5.60. The average Bonchev–Trinajstić information content (AvgIpc) is 3.12. The summed E-state index contributed by atoms with van der Waals surface area (Å²) in [5.74, 6) is -1.26. The average molecular weight is 477 g/mol. The number of alkyl carbamates (subject to hydrolysis) is 1. The van der Waals surface area contributed by atoms with Crippen LogP contribution in [0.2, 0.25) is 0 Å². The van der Waals surface area contributed by atoms with Crippen molar-refractivity contribution < 1.29 is 24.2 Å². The molecule has 35 heavy (non-hydrogen) atoms.